The molecule has 2 nitrogen and oxygen atoms in total. The molecular formula is C52H104O2. The van der Waals surface area contributed by atoms with Crippen LogP contribution in [-0.2, 0) is 4.74 Å². The molecule has 1 heterocycles. The summed E-state index contributed by atoms with van der Waals surface area (Å²) in [6, 6.07) is 0. The lowest BCUT2D eigenvalue weighted by Crippen LogP contribution is -2.05. The summed E-state index contributed by atoms with van der Waals surface area (Å²) in [5.74, 6) is 0. The molecule has 1 aliphatic heterocycles. The van der Waals surface area contributed by atoms with Gasteiger partial charge < -0.3 is 9.84 Å². The zero-order valence-corrected chi connectivity index (χ0v) is 37.8. The van der Waals surface area contributed by atoms with Crippen LogP contribution in [0.4, 0.5) is 0 Å². The van der Waals surface area contributed by atoms with E-state index >= 15 is 0 Å². The normalized spacial score (nSPS) is 16.1. The summed E-state index contributed by atoms with van der Waals surface area (Å²) in [5, 5.41) is 10.4. The van der Waals surface area contributed by atoms with E-state index in [-0.39, 0.29) is 6.10 Å². The van der Waals surface area contributed by atoms with Gasteiger partial charge in [-0.3, -0.25) is 0 Å². The topological polar surface area (TPSA) is 32.8 Å². The summed E-state index contributed by atoms with van der Waals surface area (Å²) in [7, 11) is 0. The molecule has 3 atom stereocenters. The average molecular weight is 761 g/mol. The molecule has 0 aliphatic carbocycles. The molecule has 0 aromatic rings. The highest BCUT2D eigenvalue weighted by atomic mass is 16.6. The molecule has 0 bridgehead atoms. The van der Waals surface area contributed by atoms with Crippen LogP contribution in [0.3, 0.4) is 0 Å². The molecule has 2 heteroatoms. The van der Waals surface area contributed by atoms with E-state index in [4.69, 9.17) is 4.74 Å². The van der Waals surface area contributed by atoms with E-state index in [1.165, 1.54) is 289 Å². The van der Waals surface area contributed by atoms with Crippen molar-refractivity contribution in [2.45, 2.75) is 334 Å². The van der Waals surface area contributed by atoms with Gasteiger partial charge in [-0.15, -0.1) is 0 Å². The minimum Gasteiger partial charge on any atom is -0.393 e. The third-order valence-corrected chi connectivity index (χ3v) is 12.9. The van der Waals surface area contributed by atoms with Crippen LogP contribution in [0, 0.1) is 0 Å². The van der Waals surface area contributed by atoms with Gasteiger partial charge in [0.25, 0.3) is 0 Å². The van der Waals surface area contributed by atoms with Gasteiger partial charge in [-0.2, -0.15) is 0 Å². The minimum absolute atomic E-state index is 0.0408. The van der Waals surface area contributed by atoms with E-state index in [1.807, 2.05) is 0 Å². The molecule has 1 aliphatic rings. The van der Waals surface area contributed by atoms with Crippen molar-refractivity contribution in [1.82, 2.24) is 0 Å². The maximum absolute atomic E-state index is 10.4. The Morgan fingerprint density at radius 3 is 0.759 bits per heavy atom. The van der Waals surface area contributed by atoms with Crippen molar-refractivity contribution in [3.05, 3.63) is 0 Å². The first kappa shape index (κ1) is 51.9. The Balaban J connectivity index is 1.63. The first-order chi connectivity index (χ1) is 26.8. The largest absolute Gasteiger partial charge is 0.393 e. The second-order valence-electron chi connectivity index (χ2n) is 18.5. The van der Waals surface area contributed by atoms with Crippen molar-refractivity contribution in [1.29, 1.82) is 0 Å². The Bertz CT molecular complexity index is 677. The van der Waals surface area contributed by atoms with Gasteiger partial charge >= 0.3 is 0 Å². The molecule has 0 saturated carbocycles. The van der Waals surface area contributed by atoms with Crippen LogP contribution in [-0.4, -0.2) is 23.4 Å². The third-order valence-electron chi connectivity index (χ3n) is 12.9. The van der Waals surface area contributed by atoms with Gasteiger partial charge in [0.15, 0.2) is 0 Å². The molecule has 0 spiro atoms. The molecule has 1 N–H and O–H groups in total. The van der Waals surface area contributed by atoms with E-state index in [0.29, 0.717) is 12.2 Å². The first-order valence-corrected chi connectivity index (χ1v) is 26.1. The summed E-state index contributed by atoms with van der Waals surface area (Å²) < 4.78 is 5.74. The molecular weight excluding hydrogens is 657 g/mol. The summed E-state index contributed by atoms with van der Waals surface area (Å²) in [6.07, 6.45) is 67.3. The van der Waals surface area contributed by atoms with Crippen molar-refractivity contribution < 1.29 is 9.84 Å². The number of hydrogen-bond acceptors (Lipinski definition) is 2. The number of unbranched alkanes of at least 4 members (excludes halogenated alkanes) is 40. The van der Waals surface area contributed by atoms with E-state index in [0.717, 1.165) is 12.8 Å². The van der Waals surface area contributed by atoms with Crippen molar-refractivity contribution >= 4 is 0 Å². The summed E-state index contributed by atoms with van der Waals surface area (Å²) >= 11 is 0. The van der Waals surface area contributed by atoms with Crippen LogP contribution >= 0.6 is 0 Å². The second-order valence-corrected chi connectivity index (χ2v) is 18.5. The molecule has 0 aromatic carbocycles. The fourth-order valence-corrected chi connectivity index (χ4v) is 9.01. The minimum atomic E-state index is -0.0408. The van der Waals surface area contributed by atoms with Crippen LogP contribution in [0.1, 0.15) is 316 Å². The van der Waals surface area contributed by atoms with Gasteiger partial charge in [0.2, 0.25) is 0 Å². The van der Waals surface area contributed by atoms with Crippen molar-refractivity contribution in [2.24, 2.45) is 0 Å². The SMILES string of the molecule is CCCCCCCCCCCCCCCCCCCCCCCCCCC(O)CCCCCCCCCCCCCCCCCCCCC1OC1CCC. The van der Waals surface area contributed by atoms with Crippen LogP contribution < -0.4 is 0 Å². The lowest BCUT2D eigenvalue weighted by Gasteiger charge is -2.10. The van der Waals surface area contributed by atoms with E-state index in [1.54, 1.807) is 0 Å². The van der Waals surface area contributed by atoms with Gasteiger partial charge in [0.1, 0.15) is 0 Å². The monoisotopic (exact) mass is 761 g/mol. The molecule has 1 rings (SSSR count). The Kier molecular flexibility index (Phi) is 42.4. The lowest BCUT2D eigenvalue weighted by atomic mass is 10.0. The zero-order valence-electron chi connectivity index (χ0n) is 37.8. The Morgan fingerprint density at radius 1 is 0.278 bits per heavy atom. The molecule has 324 valence electrons. The highest BCUT2D eigenvalue weighted by Gasteiger charge is 2.36. The Morgan fingerprint density at radius 2 is 0.500 bits per heavy atom. The maximum Gasteiger partial charge on any atom is 0.0841 e. The molecule has 0 aromatic heterocycles. The third kappa shape index (κ3) is 40.1. The quantitative estimate of drug-likeness (QED) is 0.0495. The Hall–Kier alpha value is -0.0800. The van der Waals surface area contributed by atoms with Crippen LogP contribution in [0.2, 0.25) is 0 Å². The number of aliphatic hydroxyl groups is 1. The number of hydrogen-bond donors (Lipinski definition) is 1. The maximum atomic E-state index is 10.4. The van der Waals surface area contributed by atoms with Crippen LogP contribution in [0.5, 0.6) is 0 Å². The zero-order chi connectivity index (χ0) is 38.7. The fourth-order valence-electron chi connectivity index (χ4n) is 9.01. The van der Waals surface area contributed by atoms with Gasteiger partial charge in [-0.05, 0) is 25.7 Å². The smallest absolute Gasteiger partial charge is 0.0841 e. The number of rotatable bonds is 48. The second kappa shape index (κ2) is 44.0. The number of ether oxygens (including phenoxy) is 1. The average Bonchev–Trinajstić information content (AvgIpc) is 3.93. The predicted molar refractivity (Wildman–Crippen MR) is 243 cm³/mol. The van der Waals surface area contributed by atoms with Gasteiger partial charge in [0, 0.05) is 0 Å². The van der Waals surface area contributed by atoms with Gasteiger partial charge in [-0.1, -0.05) is 290 Å². The highest BCUT2D eigenvalue weighted by molar-refractivity contribution is 4.83. The van der Waals surface area contributed by atoms with Crippen molar-refractivity contribution in [3.8, 4) is 0 Å². The van der Waals surface area contributed by atoms with Crippen LogP contribution in [0.15, 0.2) is 0 Å². The van der Waals surface area contributed by atoms with Gasteiger partial charge in [0.05, 0.1) is 18.3 Å². The van der Waals surface area contributed by atoms with Crippen LogP contribution in [0.25, 0.3) is 0 Å². The molecule has 3 unspecified atom stereocenters. The molecule has 54 heavy (non-hydrogen) atoms. The molecule has 1 fully saturated rings. The van der Waals surface area contributed by atoms with Gasteiger partial charge in [-0.25, -0.2) is 0 Å². The Labute approximate surface area is 342 Å². The predicted octanol–water partition coefficient (Wildman–Crippen LogP) is 18.5. The van der Waals surface area contributed by atoms with E-state index in [2.05, 4.69) is 13.8 Å². The first-order valence-electron chi connectivity index (χ1n) is 26.1. The molecule has 1 saturated heterocycles. The van der Waals surface area contributed by atoms with E-state index in [9.17, 15) is 5.11 Å². The lowest BCUT2D eigenvalue weighted by molar-refractivity contribution is 0.147. The number of aliphatic hydroxyl groups excluding tert-OH is 1. The fraction of sp³-hybridized carbons (Fsp3) is 1.00. The highest BCUT2D eigenvalue weighted by Crippen LogP contribution is 2.31. The van der Waals surface area contributed by atoms with Crippen molar-refractivity contribution in [2.75, 3.05) is 0 Å². The summed E-state index contributed by atoms with van der Waals surface area (Å²) in [4.78, 5) is 0. The van der Waals surface area contributed by atoms with E-state index < -0.39 is 0 Å². The standard InChI is InChI=1S/C52H104O2/c1-3-5-6-7-8-9-10-11-12-13-14-15-16-17-18-19-22-25-28-31-34-37-40-43-47-50(53)48-44-41-38-35-32-29-26-23-20-21-24-27-30-33-36-39-42-45-49-52-51(54-52)46-4-2/h50-53H,3-49H2,1-2H3. The summed E-state index contributed by atoms with van der Waals surface area (Å²) in [6.45, 7) is 4.57. The molecule has 0 amide bonds. The van der Waals surface area contributed by atoms with Crippen molar-refractivity contribution in [3.63, 3.8) is 0 Å². The summed E-state index contributed by atoms with van der Waals surface area (Å²) in [5.41, 5.74) is 0. The number of epoxide rings is 1. The molecule has 0 radical (unpaired) electrons.